The molecule has 3 N–H and O–H groups in total. The summed E-state index contributed by atoms with van der Waals surface area (Å²) in [5.41, 5.74) is 9.28. The zero-order chi connectivity index (χ0) is 17.6. The second kappa shape index (κ2) is 6.02. The van der Waals surface area contributed by atoms with Crippen molar-refractivity contribution in [3.8, 4) is 0 Å². The SMILES string of the molecule is Cc1ccc2nc3sc(C(=O)Nc4ccccc4Cl)c(N)c3cc2c1. The van der Waals surface area contributed by atoms with Crippen molar-refractivity contribution >= 4 is 61.3 Å². The maximum Gasteiger partial charge on any atom is 0.267 e. The molecule has 0 aliphatic carbocycles. The number of nitrogens with zero attached hydrogens (tertiary/aromatic N) is 1. The fraction of sp³-hybridized carbons (Fsp3) is 0.0526. The van der Waals surface area contributed by atoms with Crippen LogP contribution in [0.1, 0.15) is 15.2 Å². The number of pyridine rings is 1. The first-order valence-electron chi connectivity index (χ1n) is 7.68. The van der Waals surface area contributed by atoms with Crippen LogP contribution in [0.25, 0.3) is 21.1 Å². The van der Waals surface area contributed by atoms with Gasteiger partial charge in [0.2, 0.25) is 0 Å². The minimum atomic E-state index is -0.283. The molecule has 0 saturated carbocycles. The number of rotatable bonds is 2. The van der Waals surface area contributed by atoms with Crippen LogP contribution in [0.3, 0.4) is 0 Å². The van der Waals surface area contributed by atoms with E-state index in [1.165, 1.54) is 11.3 Å². The number of benzene rings is 2. The molecule has 0 atom stereocenters. The molecule has 2 aromatic carbocycles. The lowest BCUT2D eigenvalue weighted by Crippen LogP contribution is -2.12. The molecule has 6 heteroatoms. The fourth-order valence-corrected chi connectivity index (χ4v) is 3.90. The summed E-state index contributed by atoms with van der Waals surface area (Å²) in [6.45, 7) is 2.03. The average molecular weight is 368 g/mol. The monoisotopic (exact) mass is 367 g/mol. The molecule has 0 aliphatic heterocycles. The molecule has 0 saturated heterocycles. The van der Waals surface area contributed by atoms with Crippen molar-refractivity contribution in [2.75, 3.05) is 11.1 Å². The minimum absolute atomic E-state index is 0.283. The molecule has 0 bridgehead atoms. The molecule has 0 radical (unpaired) electrons. The number of nitrogens with one attached hydrogen (secondary N) is 1. The van der Waals surface area contributed by atoms with Crippen molar-refractivity contribution in [1.29, 1.82) is 0 Å². The molecule has 124 valence electrons. The first-order valence-corrected chi connectivity index (χ1v) is 8.87. The molecule has 4 nitrogen and oxygen atoms in total. The van der Waals surface area contributed by atoms with E-state index in [-0.39, 0.29) is 5.91 Å². The predicted molar refractivity (Wildman–Crippen MR) is 106 cm³/mol. The van der Waals surface area contributed by atoms with Gasteiger partial charge in [0.1, 0.15) is 9.71 Å². The van der Waals surface area contributed by atoms with Crippen LogP contribution in [0.4, 0.5) is 11.4 Å². The lowest BCUT2D eigenvalue weighted by Gasteiger charge is -2.06. The molecule has 2 heterocycles. The summed E-state index contributed by atoms with van der Waals surface area (Å²) in [5, 5.41) is 5.10. The van der Waals surface area contributed by atoms with Gasteiger partial charge in [-0.1, -0.05) is 35.4 Å². The number of aromatic nitrogens is 1. The first-order chi connectivity index (χ1) is 12.0. The minimum Gasteiger partial charge on any atom is -0.397 e. The highest BCUT2D eigenvalue weighted by atomic mass is 35.5. The summed E-state index contributed by atoms with van der Waals surface area (Å²) in [4.78, 5) is 18.5. The number of thiophene rings is 1. The van der Waals surface area contributed by atoms with Crippen LogP contribution in [-0.2, 0) is 0 Å². The van der Waals surface area contributed by atoms with Crippen molar-refractivity contribution in [1.82, 2.24) is 4.98 Å². The zero-order valence-electron chi connectivity index (χ0n) is 13.3. The topological polar surface area (TPSA) is 68.0 Å². The molecule has 2 aromatic heterocycles. The summed E-state index contributed by atoms with van der Waals surface area (Å²) in [7, 11) is 0. The normalized spacial score (nSPS) is 11.1. The quantitative estimate of drug-likeness (QED) is 0.508. The van der Waals surface area contributed by atoms with Gasteiger partial charge in [-0.2, -0.15) is 0 Å². The Morgan fingerprint density at radius 3 is 2.80 bits per heavy atom. The average Bonchev–Trinajstić information content (AvgIpc) is 2.91. The van der Waals surface area contributed by atoms with Gasteiger partial charge in [-0.3, -0.25) is 4.79 Å². The Hall–Kier alpha value is -2.63. The van der Waals surface area contributed by atoms with E-state index in [2.05, 4.69) is 16.4 Å². The van der Waals surface area contributed by atoms with E-state index in [4.69, 9.17) is 17.3 Å². The number of aryl methyl sites for hydroxylation is 1. The van der Waals surface area contributed by atoms with Gasteiger partial charge in [0.05, 0.1) is 21.9 Å². The number of carbonyl (C=O) groups is 1. The second-order valence-electron chi connectivity index (χ2n) is 5.82. The van der Waals surface area contributed by atoms with Crippen molar-refractivity contribution < 1.29 is 4.79 Å². The van der Waals surface area contributed by atoms with E-state index >= 15 is 0 Å². The van der Waals surface area contributed by atoms with Gasteiger partial charge < -0.3 is 11.1 Å². The van der Waals surface area contributed by atoms with Gasteiger partial charge in [0.15, 0.2) is 0 Å². The van der Waals surface area contributed by atoms with Crippen LogP contribution in [0.15, 0.2) is 48.5 Å². The Kier molecular flexibility index (Phi) is 3.82. The number of fused-ring (bicyclic) bond motifs is 2. The Morgan fingerprint density at radius 2 is 2.00 bits per heavy atom. The number of carbonyl (C=O) groups excluding carboxylic acids is 1. The Labute approximate surface area is 153 Å². The van der Waals surface area contributed by atoms with Crippen LogP contribution < -0.4 is 11.1 Å². The third kappa shape index (κ3) is 2.81. The summed E-state index contributed by atoms with van der Waals surface area (Å²) < 4.78 is 0. The lowest BCUT2D eigenvalue weighted by atomic mass is 10.1. The summed E-state index contributed by atoms with van der Waals surface area (Å²) >= 11 is 7.39. The molecular formula is C19H14ClN3OS. The molecule has 0 unspecified atom stereocenters. The van der Waals surface area contributed by atoms with Gasteiger partial charge in [0, 0.05) is 10.8 Å². The summed E-state index contributed by atoms with van der Waals surface area (Å²) in [5.74, 6) is -0.283. The largest absolute Gasteiger partial charge is 0.397 e. The molecule has 0 spiro atoms. The molecule has 0 fully saturated rings. The number of anilines is 2. The van der Waals surface area contributed by atoms with Crippen LogP contribution in [0, 0.1) is 6.92 Å². The summed E-state index contributed by atoms with van der Waals surface area (Å²) in [6.07, 6.45) is 0. The molecule has 4 aromatic rings. The predicted octanol–water partition coefficient (Wildman–Crippen LogP) is 5.25. The Balaban J connectivity index is 1.79. The van der Waals surface area contributed by atoms with Gasteiger partial charge >= 0.3 is 0 Å². The number of amides is 1. The highest BCUT2D eigenvalue weighted by Crippen LogP contribution is 2.35. The van der Waals surface area contributed by atoms with Crippen molar-refractivity contribution in [3.63, 3.8) is 0 Å². The van der Waals surface area contributed by atoms with E-state index in [0.717, 1.165) is 26.7 Å². The van der Waals surface area contributed by atoms with E-state index in [9.17, 15) is 4.79 Å². The Morgan fingerprint density at radius 1 is 1.20 bits per heavy atom. The van der Waals surface area contributed by atoms with Crippen molar-refractivity contribution in [3.05, 3.63) is 64.0 Å². The van der Waals surface area contributed by atoms with Gasteiger partial charge in [-0.05, 0) is 37.3 Å². The second-order valence-corrected chi connectivity index (χ2v) is 7.22. The van der Waals surface area contributed by atoms with Crippen LogP contribution in [0.5, 0.6) is 0 Å². The molecule has 25 heavy (non-hydrogen) atoms. The first kappa shape index (κ1) is 15.9. The number of hydrogen-bond acceptors (Lipinski definition) is 4. The van der Waals surface area contributed by atoms with E-state index < -0.39 is 0 Å². The number of para-hydroxylation sites is 1. The third-order valence-corrected chi connectivity index (χ3v) is 5.44. The maximum atomic E-state index is 12.6. The van der Waals surface area contributed by atoms with Crippen LogP contribution in [0.2, 0.25) is 5.02 Å². The molecule has 4 rings (SSSR count). The number of nitrogen functional groups attached to an aromatic ring is 1. The highest BCUT2D eigenvalue weighted by Gasteiger charge is 2.18. The van der Waals surface area contributed by atoms with Gasteiger partial charge in [-0.15, -0.1) is 11.3 Å². The van der Waals surface area contributed by atoms with Crippen molar-refractivity contribution in [2.45, 2.75) is 6.92 Å². The van der Waals surface area contributed by atoms with Crippen LogP contribution >= 0.6 is 22.9 Å². The molecule has 0 aliphatic rings. The smallest absolute Gasteiger partial charge is 0.267 e. The number of halogens is 1. The van der Waals surface area contributed by atoms with E-state index in [1.807, 2.05) is 37.3 Å². The van der Waals surface area contributed by atoms with Crippen molar-refractivity contribution in [2.24, 2.45) is 0 Å². The lowest BCUT2D eigenvalue weighted by molar-refractivity contribution is 0.103. The zero-order valence-corrected chi connectivity index (χ0v) is 14.9. The van der Waals surface area contributed by atoms with E-state index in [0.29, 0.717) is 21.3 Å². The maximum absolute atomic E-state index is 12.6. The molecule has 1 amide bonds. The van der Waals surface area contributed by atoms with Gasteiger partial charge in [-0.25, -0.2) is 4.98 Å². The highest BCUT2D eigenvalue weighted by molar-refractivity contribution is 7.21. The fourth-order valence-electron chi connectivity index (χ4n) is 2.73. The van der Waals surface area contributed by atoms with Crippen LogP contribution in [-0.4, -0.2) is 10.9 Å². The van der Waals surface area contributed by atoms with Gasteiger partial charge in [0.25, 0.3) is 5.91 Å². The Bertz CT molecular complexity index is 1140. The van der Waals surface area contributed by atoms with E-state index in [1.54, 1.807) is 12.1 Å². The third-order valence-electron chi connectivity index (χ3n) is 4.00. The number of nitrogens with two attached hydrogens (primary N) is 1. The standard InChI is InChI=1S/C19H14ClN3OS/c1-10-6-7-14-11(8-10)9-12-16(21)17(25-19(12)23-14)18(24)22-15-5-3-2-4-13(15)20/h2-9H,21H2,1H3,(H,22,24). The summed E-state index contributed by atoms with van der Waals surface area (Å²) in [6, 6.07) is 15.1. The molecular weight excluding hydrogens is 354 g/mol. The number of hydrogen-bond donors (Lipinski definition) is 2.